The molecule has 0 unspecified atom stereocenters. The molecule has 31 heteroatoms. The summed E-state index contributed by atoms with van der Waals surface area (Å²) in [5.41, 5.74) is -2.43. The second-order valence-corrected chi connectivity index (χ2v) is 32.4. The van der Waals surface area contributed by atoms with Crippen molar-refractivity contribution in [1.82, 2.24) is 60.0 Å². The molecule has 6 fully saturated rings. The number of benzene rings is 1. The fourth-order valence-electron chi connectivity index (χ4n) is 15.5. The van der Waals surface area contributed by atoms with E-state index in [9.17, 15) is 55.2 Å². The summed E-state index contributed by atoms with van der Waals surface area (Å²) in [5, 5.41) is 7.93. The van der Waals surface area contributed by atoms with Crippen molar-refractivity contribution >= 4 is 92.3 Å². The first-order valence-corrected chi connectivity index (χ1v) is 38.7. The van der Waals surface area contributed by atoms with Gasteiger partial charge in [0.25, 0.3) is 0 Å². The van der Waals surface area contributed by atoms with Crippen molar-refractivity contribution in [3.63, 3.8) is 0 Å². The SMILES string of the molecule is CC[C@H](C)[C@@H]1NC(=O)[C@H](CCS(C)(=O)=O)N(C)C(=O)C[C@@H](C(=O)N2CCCCC2)N(C)C(=O)[C@H](C(C)C)N(C)C(=O)C2(CCCC2)NC(=O)[C@@H]2CCCN2C(=O)[C@H](CCc2ccc(C(F)(F)F)c(Cl)c2)NC(=O)CN(C)C(=O)[C@H](CC2CCCCC2)N(C)C(=O)[C@@H]2CCN2C(=O)[C@H](C)N(C)C1=O. The zero-order valence-corrected chi connectivity index (χ0v) is 63.0. The van der Waals surface area contributed by atoms with Gasteiger partial charge in [0.05, 0.1) is 29.3 Å². The maximum Gasteiger partial charge on any atom is 0.417 e. The van der Waals surface area contributed by atoms with E-state index in [1.165, 1.54) is 74.9 Å². The van der Waals surface area contributed by atoms with Gasteiger partial charge < -0.3 is 60.0 Å². The minimum atomic E-state index is -4.77. The lowest BCUT2D eigenvalue weighted by Gasteiger charge is -2.45. The maximum absolute atomic E-state index is 15.4. The Labute approximate surface area is 603 Å². The maximum atomic E-state index is 15.4. The third-order valence-electron chi connectivity index (χ3n) is 22.2. The summed E-state index contributed by atoms with van der Waals surface area (Å²) in [6.45, 7) is 8.35. The Morgan fingerprint density at radius 3 is 1.86 bits per heavy atom. The van der Waals surface area contributed by atoms with Crippen molar-refractivity contribution in [2.24, 2.45) is 17.8 Å². The molecule has 0 radical (unpaired) electrons. The number of rotatable bonds is 12. The summed E-state index contributed by atoms with van der Waals surface area (Å²) in [4.78, 5) is 191. The summed E-state index contributed by atoms with van der Waals surface area (Å²) >= 11 is 6.15. The first kappa shape index (κ1) is 82.2. The van der Waals surface area contributed by atoms with Crippen molar-refractivity contribution in [3.8, 4) is 0 Å². The normalized spacial score (nSPS) is 27.6. The van der Waals surface area contributed by atoms with E-state index in [0.29, 0.717) is 51.6 Å². The second-order valence-electron chi connectivity index (χ2n) is 29.8. The van der Waals surface area contributed by atoms with Gasteiger partial charge in [0.1, 0.15) is 69.8 Å². The van der Waals surface area contributed by atoms with Crippen molar-refractivity contribution in [2.75, 3.05) is 87.0 Å². The van der Waals surface area contributed by atoms with Gasteiger partial charge in [0.2, 0.25) is 70.9 Å². The molecule has 4 aliphatic heterocycles. The molecule has 4 heterocycles. The van der Waals surface area contributed by atoms with Crippen LogP contribution in [-0.2, 0) is 80.0 Å². The molecule has 2 aliphatic carbocycles. The van der Waals surface area contributed by atoms with Crippen LogP contribution in [-0.4, -0.2) is 270 Å². The number of halogens is 4. The molecule has 0 aromatic heterocycles. The second kappa shape index (κ2) is 35.1. The van der Waals surface area contributed by atoms with Gasteiger partial charge in [-0.2, -0.15) is 13.2 Å². The van der Waals surface area contributed by atoms with E-state index in [2.05, 4.69) is 16.0 Å². The van der Waals surface area contributed by atoms with Crippen molar-refractivity contribution in [1.29, 1.82) is 0 Å². The van der Waals surface area contributed by atoms with Crippen molar-refractivity contribution < 1.29 is 79.1 Å². The molecule has 6 aliphatic rings. The number of piperidine rings is 1. The van der Waals surface area contributed by atoms with Crippen LogP contribution in [0.15, 0.2) is 18.2 Å². The van der Waals surface area contributed by atoms with Crippen LogP contribution in [0, 0.1) is 17.8 Å². The Balaban J connectivity index is 1.30. The molecule has 3 N–H and O–H groups in total. The van der Waals surface area contributed by atoms with Crippen LogP contribution in [0.3, 0.4) is 0 Å². The van der Waals surface area contributed by atoms with Gasteiger partial charge in [-0.05, 0) is 119 Å². The van der Waals surface area contributed by atoms with Crippen LogP contribution in [0.4, 0.5) is 13.2 Å². The van der Waals surface area contributed by atoms with Crippen LogP contribution >= 0.6 is 11.6 Å². The number of carbonyl (C=O) groups is 12. The minimum absolute atomic E-state index is 0.00553. The first-order chi connectivity index (χ1) is 47.8. The van der Waals surface area contributed by atoms with E-state index >= 15 is 24.0 Å². The number of likely N-dealkylation sites (tertiary alicyclic amines) is 1. The molecule has 102 heavy (non-hydrogen) atoms. The fraction of sp³-hybridized carbons (Fsp3) is 0.746. The zero-order chi connectivity index (χ0) is 75.6. The molecule has 12 amide bonds. The summed E-state index contributed by atoms with van der Waals surface area (Å²) in [7, 11) is 4.36. The number of alkyl halides is 3. The van der Waals surface area contributed by atoms with Crippen LogP contribution in [0.25, 0.3) is 0 Å². The number of carbonyl (C=O) groups excluding carboxylic acids is 12. The quantitative estimate of drug-likeness (QED) is 0.261. The number of sulfone groups is 1. The van der Waals surface area contributed by atoms with E-state index in [-0.39, 0.29) is 69.5 Å². The van der Waals surface area contributed by atoms with E-state index < -0.39 is 194 Å². The van der Waals surface area contributed by atoms with Crippen LogP contribution < -0.4 is 16.0 Å². The largest absolute Gasteiger partial charge is 0.417 e. The van der Waals surface area contributed by atoms with Gasteiger partial charge in [0.15, 0.2) is 0 Å². The highest BCUT2D eigenvalue weighted by Gasteiger charge is 2.52. The monoisotopic (exact) mass is 1480 g/mol. The van der Waals surface area contributed by atoms with Gasteiger partial charge >= 0.3 is 6.18 Å². The predicted molar refractivity (Wildman–Crippen MR) is 374 cm³/mol. The third kappa shape index (κ3) is 19.6. The average Bonchev–Trinajstić information content (AvgIpc) is 1.35. The minimum Gasteiger partial charge on any atom is -0.343 e. The predicted octanol–water partition coefficient (Wildman–Crippen LogP) is 4.42. The highest BCUT2D eigenvalue weighted by molar-refractivity contribution is 7.90. The summed E-state index contributed by atoms with van der Waals surface area (Å²) in [5.74, 6) is -10.5. The van der Waals surface area contributed by atoms with Gasteiger partial charge in [-0.15, -0.1) is 0 Å². The Bertz CT molecular complexity index is 3380. The number of aryl methyl sites for hydroxylation is 1. The van der Waals surface area contributed by atoms with Crippen LogP contribution in [0.5, 0.6) is 0 Å². The van der Waals surface area contributed by atoms with E-state index in [1.807, 2.05) is 0 Å². The van der Waals surface area contributed by atoms with Crippen LogP contribution in [0.2, 0.25) is 5.02 Å². The van der Waals surface area contributed by atoms with Gasteiger partial charge in [0, 0.05) is 74.7 Å². The number of nitrogens with zero attached hydrogens (tertiary/aromatic N) is 9. The Hall–Kier alpha value is -7.11. The highest BCUT2D eigenvalue weighted by atomic mass is 35.5. The van der Waals surface area contributed by atoms with E-state index in [0.717, 1.165) is 76.5 Å². The number of hydrogen-bond donors (Lipinski definition) is 3. The molecule has 10 atom stereocenters. The van der Waals surface area contributed by atoms with Gasteiger partial charge in [-0.3, -0.25) is 57.5 Å². The number of fused-ring (bicyclic) bond motifs is 2. The molecular formula is C71H108ClF3N12O14S. The summed E-state index contributed by atoms with van der Waals surface area (Å²) in [6.07, 6.45) is 3.28. The number of likely N-dealkylation sites (N-methyl/N-ethyl adjacent to an activating group) is 6. The fourth-order valence-corrected chi connectivity index (χ4v) is 16.4. The lowest BCUT2D eigenvalue weighted by molar-refractivity contribution is -0.160. The molecule has 7 rings (SSSR count). The van der Waals surface area contributed by atoms with Crippen molar-refractivity contribution in [3.05, 3.63) is 34.3 Å². The van der Waals surface area contributed by atoms with E-state index in [1.54, 1.807) is 32.6 Å². The van der Waals surface area contributed by atoms with Gasteiger partial charge in [-0.1, -0.05) is 96.7 Å². The topological polar surface area (TPSA) is 304 Å². The standard InChI is InChI=1S/C71H108ClF3N12O14S/c1-13-44(4)58-67(97)80(7)45(5)62(92)87-37-30-53(87)65(95)82(9)54(40-46-23-16-14-17-24-46)64(94)79(6)42-56(88)76-50(29-27-47-26-28-48(49(72)39-47)71(73,74)75)63(93)86-36-22-25-52(86)61(91)78-70(32-18-19-33-70)69(99)84(11)59(43(2)3)68(98)83(10)55(66(96)85-34-20-15-21-35-85)41-57(89)81(8)51(60(90)77-58)31-38-102(12,100)101/h26,28,39,43-46,50-55,58-59H,13-25,27,29-38,40-42H2,1-12H3,(H,76,88)(H,77,90)(H,78,91)/t44-,45-,50-,51-,52-,53-,54-,55-,58-,59-/m0/s1. The number of hydrogen-bond acceptors (Lipinski definition) is 14. The smallest absolute Gasteiger partial charge is 0.343 e. The molecule has 1 spiro atoms. The lowest BCUT2D eigenvalue weighted by atomic mass is 9.84. The Morgan fingerprint density at radius 1 is 0.657 bits per heavy atom. The molecule has 570 valence electrons. The Morgan fingerprint density at radius 2 is 1.28 bits per heavy atom. The number of amides is 12. The van der Waals surface area contributed by atoms with Crippen molar-refractivity contribution in [2.45, 2.75) is 236 Å². The zero-order valence-electron chi connectivity index (χ0n) is 61.4. The molecule has 2 saturated carbocycles. The first-order valence-electron chi connectivity index (χ1n) is 36.3. The molecule has 1 aromatic rings. The van der Waals surface area contributed by atoms with Gasteiger partial charge in [-0.25, -0.2) is 8.42 Å². The summed E-state index contributed by atoms with van der Waals surface area (Å²) in [6, 6.07) is -8.85. The molecule has 4 saturated heterocycles. The van der Waals surface area contributed by atoms with Crippen LogP contribution in [0.1, 0.15) is 174 Å². The third-order valence-corrected chi connectivity index (χ3v) is 23.5. The Kier molecular flexibility index (Phi) is 28.3. The lowest BCUT2D eigenvalue weighted by Crippen LogP contribution is -2.65. The summed E-state index contributed by atoms with van der Waals surface area (Å²) < 4.78 is 67.4. The molecule has 0 bridgehead atoms. The average molecular weight is 1480 g/mol. The molecule has 1 aromatic carbocycles. The number of nitrogens with one attached hydrogen (secondary N) is 3. The molecular weight excluding hydrogens is 1370 g/mol. The molecule has 26 nitrogen and oxygen atoms in total. The highest BCUT2D eigenvalue weighted by Crippen LogP contribution is 2.38. The van der Waals surface area contributed by atoms with E-state index in [4.69, 9.17) is 11.6 Å².